The summed E-state index contributed by atoms with van der Waals surface area (Å²) in [5.74, 6) is 0. The van der Waals surface area contributed by atoms with Crippen LogP contribution in [-0.4, -0.2) is 17.9 Å². The molecule has 3 rings (SSSR count). The predicted octanol–water partition coefficient (Wildman–Crippen LogP) is 2.98. The summed E-state index contributed by atoms with van der Waals surface area (Å²) in [6.45, 7) is 0.817. The van der Waals surface area contributed by atoms with Crippen LogP contribution in [-0.2, 0) is 17.6 Å². The first kappa shape index (κ1) is 12.0. The quantitative estimate of drug-likeness (QED) is 0.768. The summed E-state index contributed by atoms with van der Waals surface area (Å²) >= 11 is 0. The van der Waals surface area contributed by atoms with Crippen molar-refractivity contribution >= 4 is 6.41 Å². The average molecular weight is 251 g/mol. The Hall–Kier alpha value is -2.09. The highest BCUT2D eigenvalue weighted by molar-refractivity contribution is 5.51. The van der Waals surface area contributed by atoms with Crippen molar-refractivity contribution in [1.29, 1.82) is 0 Å². The van der Waals surface area contributed by atoms with E-state index in [9.17, 15) is 4.79 Å². The molecule has 1 amide bonds. The molecule has 0 radical (unpaired) electrons. The van der Waals surface area contributed by atoms with E-state index in [0.29, 0.717) is 0 Å². The maximum atomic E-state index is 11.3. The van der Waals surface area contributed by atoms with Crippen LogP contribution < -0.4 is 0 Å². The minimum absolute atomic E-state index is 0.171. The van der Waals surface area contributed by atoms with Crippen LogP contribution in [0.1, 0.15) is 22.7 Å². The van der Waals surface area contributed by atoms with Gasteiger partial charge in [0.15, 0.2) is 0 Å². The molecule has 0 fully saturated rings. The highest BCUT2D eigenvalue weighted by Gasteiger charge is 2.25. The van der Waals surface area contributed by atoms with Crippen LogP contribution in [0.4, 0.5) is 0 Å². The standard InChI is InChI=1S/C17H17NO/c19-13-18-11-10-15-8-4-5-9-16(15)17(18)12-14-6-2-1-3-7-14/h1-9,13,17H,10-12H2. The minimum Gasteiger partial charge on any atom is -0.338 e. The Balaban J connectivity index is 1.94. The molecule has 2 nitrogen and oxygen atoms in total. The zero-order chi connectivity index (χ0) is 13.1. The smallest absolute Gasteiger partial charge is 0.210 e. The zero-order valence-electron chi connectivity index (χ0n) is 10.8. The van der Waals surface area contributed by atoms with Gasteiger partial charge in [-0.15, -0.1) is 0 Å². The molecule has 1 aliphatic heterocycles. The van der Waals surface area contributed by atoms with E-state index >= 15 is 0 Å². The molecular weight excluding hydrogens is 234 g/mol. The van der Waals surface area contributed by atoms with Crippen LogP contribution in [0.15, 0.2) is 54.6 Å². The predicted molar refractivity (Wildman–Crippen MR) is 75.8 cm³/mol. The van der Waals surface area contributed by atoms with E-state index in [4.69, 9.17) is 0 Å². The van der Waals surface area contributed by atoms with Gasteiger partial charge in [0.1, 0.15) is 0 Å². The van der Waals surface area contributed by atoms with Crippen LogP contribution in [0.2, 0.25) is 0 Å². The number of carbonyl (C=O) groups is 1. The number of hydrogen-bond acceptors (Lipinski definition) is 1. The van der Waals surface area contributed by atoms with Gasteiger partial charge in [-0.05, 0) is 29.5 Å². The largest absolute Gasteiger partial charge is 0.338 e. The van der Waals surface area contributed by atoms with Crippen LogP contribution in [0.25, 0.3) is 0 Å². The number of fused-ring (bicyclic) bond motifs is 1. The van der Waals surface area contributed by atoms with Gasteiger partial charge in [0, 0.05) is 6.54 Å². The number of carbonyl (C=O) groups excluding carboxylic acids is 1. The van der Waals surface area contributed by atoms with Crippen molar-refractivity contribution in [3.63, 3.8) is 0 Å². The summed E-state index contributed by atoms with van der Waals surface area (Å²) < 4.78 is 0. The number of benzene rings is 2. The molecule has 0 saturated heterocycles. The van der Waals surface area contributed by atoms with Crippen molar-refractivity contribution < 1.29 is 4.79 Å². The molecule has 1 aliphatic rings. The molecular formula is C17H17NO. The third-order valence-electron chi connectivity index (χ3n) is 3.86. The third-order valence-corrected chi connectivity index (χ3v) is 3.86. The fourth-order valence-corrected chi connectivity index (χ4v) is 2.86. The first-order chi connectivity index (χ1) is 9.38. The summed E-state index contributed by atoms with van der Waals surface area (Å²) in [5, 5.41) is 0. The Morgan fingerprint density at radius 1 is 1.05 bits per heavy atom. The Bertz CT molecular complexity index is 564. The molecule has 1 atom stereocenters. The molecule has 1 unspecified atom stereocenters. The normalized spacial score (nSPS) is 17.9. The molecule has 0 saturated carbocycles. The van der Waals surface area contributed by atoms with Crippen LogP contribution >= 0.6 is 0 Å². The van der Waals surface area contributed by atoms with Crippen molar-refractivity contribution in [1.82, 2.24) is 4.90 Å². The second kappa shape index (κ2) is 5.27. The first-order valence-corrected chi connectivity index (χ1v) is 6.71. The van der Waals surface area contributed by atoms with Crippen molar-refractivity contribution in [2.45, 2.75) is 18.9 Å². The number of nitrogens with zero attached hydrogens (tertiary/aromatic N) is 1. The number of hydrogen-bond donors (Lipinski definition) is 0. The van der Waals surface area contributed by atoms with Gasteiger partial charge in [-0.25, -0.2) is 0 Å². The van der Waals surface area contributed by atoms with Crippen molar-refractivity contribution in [2.24, 2.45) is 0 Å². The topological polar surface area (TPSA) is 20.3 Å². The number of rotatable bonds is 3. The summed E-state index contributed by atoms with van der Waals surface area (Å²) in [6.07, 6.45) is 2.83. The van der Waals surface area contributed by atoms with Gasteiger partial charge < -0.3 is 4.90 Å². The Morgan fingerprint density at radius 2 is 1.79 bits per heavy atom. The summed E-state index contributed by atoms with van der Waals surface area (Å²) in [4.78, 5) is 13.2. The lowest BCUT2D eigenvalue weighted by Gasteiger charge is -2.35. The van der Waals surface area contributed by atoms with E-state index in [0.717, 1.165) is 25.8 Å². The lowest BCUT2D eigenvalue weighted by molar-refractivity contribution is -0.120. The van der Waals surface area contributed by atoms with Gasteiger partial charge in [-0.3, -0.25) is 4.79 Å². The molecule has 0 aromatic heterocycles. The minimum atomic E-state index is 0.171. The van der Waals surface area contributed by atoms with E-state index in [1.165, 1.54) is 16.7 Å². The molecule has 96 valence electrons. The first-order valence-electron chi connectivity index (χ1n) is 6.71. The molecule has 2 aromatic rings. The maximum absolute atomic E-state index is 11.3. The molecule has 2 heteroatoms. The van der Waals surface area contributed by atoms with Gasteiger partial charge in [-0.1, -0.05) is 54.6 Å². The lowest BCUT2D eigenvalue weighted by atomic mass is 9.89. The van der Waals surface area contributed by atoms with E-state index in [2.05, 4.69) is 48.5 Å². The molecule has 2 aromatic carbocycles. The van der Waals surface area contributed by atoms with Gasteiger partial charge in [0.05, 0.1) is 6.04 Å². The molecule has 0 spiro atoms. The Morgan fingerprint density at radius 3 is 2.58 bits per heavy atom. The Labute approximate surface area is 113 Å². The maximum Gasteiger partial charge on any atom is 0.210 e. The van der Waals surface area contributed by atoms with Gasteiger partial charge in [-0.2, -0.15) is 0 Å². The van der Waals surface area contributed by atoms with E-state index < -0.39 is 0 Å². The monoisotopic (exact) mass is 251 g/mol. The average Bonchev–Trinajstić information content (AvgIpc) is 2.49. The second-order valence-electron chi connectivity index (χ2n) is 5.00. The lowest BCUT2D eigenvalue weighted by Crippen LogP contribution is -2.35. The highest BCUT2D eigenvalue weighted by atomic mass is 16.1. The molecule has 1 heterocycles. The summed E-state index contributed by atoms with van der Waals surface area (Å²) in [7, 11) is 0. The molecule has 19 heavy (non-hydrogen) atoms. The van der Waals surface area contributed by atoms with Crippen molar-refractivity contribution in [3.8, 4) is 0 Å². The van der Waals surface area contributed by atoms with Crippen LogP contribution in [0.5, 0.6) is 0 Å². The van der Waals surface area contributed by atoms with Crippen molar-refractivity contribution in [3.05, 3.63) is 71.3 Å². The van der Waals surface area contributed by atoms with Gasteiger partial charge in [0.2, 0.25) is 6.41 Å². The van der Waals surface area contributed by atoms with Gasteiger partial charge >= 0.3 is 0 Å². The van der Waals surface area contributed by atoms with E-state index in [1.807, 2.05) is 11.0 Å². The molecule has 0 bridgehead atoms. The van der Waals surface area contributed by atoms with Gasteiger partial charge in [0.25, 0.3) is 0 Å². The van der Waals surface area contributed by atoms with Crippen LogP contribution in [0.3, 0.4) is 0 Å². The molecule has 0 N–H and O–H groups in total. The summed E-state index contributed by atoms with van der Waals surface area (Å²) in [5.41, 5.74) is 3.95. The second-order valence-corrected chi connectivity index (χ2v) is 5.00. The van der Waals surface area contributed by atoms with Crippen molar-refractivity contribution in [2.75, 3.05) is 6.54 Å². The fourth-order valence-electron chi connectivity index (χ4n) is 2.86. The zero-order valence-corrected chi connectivity index (χ0v) is 10.8. The SMILES string of the molecule is O=CN1CCc2ccccc2C1Cc1ccccc1. The third kappa shape index (κ3) is 2.39. The van der Waals surface area contributed by atoms with E-state index in [-0.39, 0.29) is 6.04 Å². The highest BCUT2D eigenvalue weighted by Crippen LogP contribution is 2.31. The number of amides is 1. The van der Waals surface area contributed by atoms with E-state index in [1.54, 1.807) is 0 Å². The fraction of sp³-hybridized carbons (Fsp3) is 0.235. The Kier molecular flexibility index (Phi) is 3.32. The van der Waals surface area contributed by atoms with Crippen LogP contribution in [0, 0.1) is 0 Å². The molecule has 0 aliphatic carbocycles. The summed E-state index contributed by atoms with van der Waals surface area (Å²) in [6, 6.07) is 19.0.